The van der Waals surface area contributed by atoms with Crippen LogP contribution in [0.2, 0.25) is 0 Å². The van der Waals surface area contributed by atoms with Gasteiger partial charge in [-0.2, -0.15) is 0 Å². The highest BCUT2D eigenvalue weighted by Gasteiger charge is 2.25. The Kier molecular flexibility index (Phi) is 5.20. The van der Waals surface area contributed by atoms with E-state index in [0.717, 1.165) is 55.7 Å². The third kappa shape index (κ3) is 3.90. The van der Waals surface area contributed by atoms with Gasteiger partial charge in [0, 0.05) is 19.1 Å². The summed E-state index contributed by atoms with van der Waals surface area (Å²) < 4.78 is 2.07. The smallest absolute Gasteiger partial charge is 0.234 e. The van der Waals surface area contributed by atoms with Gasteiger partial charge in [0.2, 0.25) is 5.91 Å². The fourth-order valence-corrected chi connectivity index (χ4v) is 4.36. The summed E-state index contributed by atoms with van der Waals surface area (Å²) in [6.45, 7) is 4.71. The van der Waals surface area contributed by atoms with Crippen LogP contribution in [0.1, 0.15) is 51.5 Å². The molecule has 2 aliphatic rings. The number of fused-ring (bicyclic) bond motifs is 1. The predicted molar refractivity (Wildman–Crippen MR) is 102 cm³/mol. The van der Waals surface area contributed by atoms with E-state index in [1.807, 2.05) is 18.2 Å². The van der Waals surface area contributed by atoms with Gasteiger partial charge in [-0.05, 0) is 56.6 Å². The number of likely N-dealkylation sites (tertiary alicyclic amines) is 1. The van der Waals surface area contributed by atoms with Crippen LogP contribution < -0.4 is 5.32 Å². The fourth-order valence-electron chi connectivity index (χ4n) is 4.36. The van der Waals surface area contributed by atoms with Gasteiger partial charge in [0.25, 0.3) is 0 Å². The zero-order valence-corrected chi connectivity index (χ0v) is 15.6. The molecule has 2 fully saturated rings. The number of aromatic nitrogens is 3. The average molecular weight is 355 g/mol. The number of carbonyl (C=O) groups excluding carboxylic acids is 1. The Labute approximate surface area is 154 Å². The summed E-state index contributed by atoms with van der Waals surface area (Å²) in [6.07, 6.45) is 6.77. The minimum atomic E-state index is 0.189. The Morgan fingerprint density at radius 2 is 1.85 bits per heavy atom. The van der Waals surface area contributed by atoms with Crippen LogP contribution in [0.25, 0.3) is 11.0 Å². The standard InChI is InChI=1S/C20H29N5O/c1-15-6-8-16(9-7-15)21-20(26)14-24-12-10-17(11-13-24)25-19-5-3-2-4-18(19)22-23-25/h2-5,15-17H,6-14H2,1H3,(H,21,26). The van der Waals surface area contributed by atoms with Crippen molar-refractivity contribution in [3.05, 3.63) is 24.3 Å². The number of carbonyl (C=O) groups is 1. The molecule has 1 aromatic carbocycles. The van der Waals surface area contributed by atoms with Gasteiger partial charge in [-0.25, -0.2) is 4.68 Å². The van der Waals surface area contributed by atoms with Gasteiger partial charge in [0.15, 0.2) is 0 Å². The number of rotatable bonds is 4. The summed E-state index contributed by atoms with van der Waals surface area (Å²) in [6, 6.07) is 8.88. The molecular weight excluding hydrogens is 326 g/mol. The first-order valence-corrected chi connectivity index (χ1v) is 10.0. The molecule has 1 saturated carbocycles. The van der Waals surface area contributed by atoms with Gasteiger partial charge in [-0.3, -0.25) is 9.69 Å². The molecule has 4 rings (SSSR count). The summed E-state index contributed by atoms with van der Waals surface area (Å²) in [5, 5.41) is 11.9. The number of benzene rings is 1. The normalized spacial score (nSPS) is 25.4. The lowest BCUT2D eigenvalue weighted by Gasteiger charge is -2.32. The van der Waals surface area contributed by atoms with Crippen molar-refractivity contribution in [3.63, 3.8) is 0 Å². The van der Waals surface area contributed by atoms with Gasteiger partial charge in [-0.15, -0.1) is 5.10 Å². The summed E-state index contributed by atoms with van der Waals surface area (Å²) >= 11 is 0. The van der Waals surface area contributed by atoms with Crippen molar-refractivity contribution in [2.45, 2.75) is 57.5 Å². The summed E-state index contributed by atoms with van der Waals surface area (Å²) in [5.41, 5.74) is 2.06. The van der Waals surface area contributed by atoms with Gasteiger partial charge >= 0.3 is 0 Å². The molecule has 6 heteroatoms. The van der Waals surface area contributed by atoms with Crippen molar-refractivity contribution in [2.24, 2.45) is 5.92 Å². The van der Waals surface area contributed by atoms with E-state index >= 15 is 0 Å². The van der Waals surface area contributed by atoms with Crippen LogP contribution in [0.15, 0.2) is 24.3 Å². The zero-order chi connectivity index (χ0) is 17.9. The maximum absolute atomic E-state index is 12.4. The highest BCUT2D eigenvalue weighted by atomic mass is 16.2. The molecule has 1 aliphatic heterocycles. The van der Waals surface area contributed by atoms with Gasteiger partial charge < -0.3 is 5.32 Å². The molecule has 2 aromatic rings. The molecular formula is C20H29N5O. The Hall–Kier alpha value is -1.95. The van der Waals surface area contributed by atoms with E-state index in [1.165, 1.54) is 12.8 Å². The molecule has 0 radical (unpaired) electrons. The second-order valence-corrected chi connectivity index (χ2v) is 8.05. The van der Waals surface area contributed by atoms with Crippen LogP contribution in [0.5, 0.6) is 0 Å². The SMILES string of the molecule is CC1CCC(NC(=O)CN2CCC(n3nnc4ccccc43)CC2)CC1. The van der Waals surface area contributed by atoms with Crippen molar-refractivity contribution in [3.8, 4) is 0 Å². The Morgan fingerprint density at radius 3 is 2.62 bits per heavy atom. The lowest BCUT2D eigenvalue weighted by Crippen LogP contribution is -2.45. The van der Waals surface area contributed by atoms with Crippen LogP contribution in [0.4, 0.5) is 0 Å². The predicted octanol–water partition coefficient (Wildman–Crippen LogP) is 2.76. The molecule has 2 heterocycles. The van der Waals surface area contributed by atoms with Crippen LogP contribution in [-0.4, -0.2) is 51.5 Å². The Balaban J connectivity index is 1.26. The number of nitrogens with one attached hydrogen (secondary N) is 1. The maximum atomic E-state index is 12.4. The zero-order valence-electron chi connectivity index (χ0n) is 15.6. The molecule has 140 valence electrons. The second-order valence-electron chi connectivity index (χ2n) is 8.05. The van der Waals surface area contributed by atoms with Crippen molar-refractivity contribution in [1.82, 2.24) is 25.2 Å². The number of para-hydroxylation sites is 1. The third-order valence-electron chi connectivity index (χ3n) is 6.03. The monoisotopic (exact) mass is 355 g/mol. The molecule has 0 unspecified atom stereocenters. The lowest BCUT2D eigenvalue weighted by atomic mass is 9.87. The Morgan fingerprint density at radius 1 is 1.12 bits per heavy atom. The first-order valence-electron chi connectivity index (χ1n) is 10.0. The minimum Gasteiger partial charge on any atom is -0.352 e. The van der Waals surface area contributed by atoms with E-state index in [4.69, 9.17) is 0 Å². The summed E-state index contributed by atoms with van der Waals surface area (Å²) in [7, 11) is 0. The van der Waals surface area contributed by atoms with Crippen LogP contribution in [-0.2, 0) is 4.79 Å². The number of piperidine rings is 1. The maximum Gasteiger partial charge on any atom is 0.234 e. The molecule has 1 aliphatic carbocycles. The molecule has 1 aromatic heterocycles. The van der Waals surface area contributed by atoms with E-state index in [0.29, 0.717) is 18.6 Å². The summed E-state index contributed by atoms with van der Waals surface area (Å²) in [4.78, 5) is 14.6. The van der Waals surface area contributed by atoms with E-state index in [2.05, 4.69) is 38.2 Å². The molecule has 0 spiro atoms. The molecule has 0 bridgehead atoms. The summed E-state index contributed by atoms with van der Waals surface area (Å²) in [5.74, 6) is 1.00. The average Bonchev–Trinajstić information content (AvgIpc) is 3.08. The number of hydrogen-bond donors (Lipinski definition) is 1. The number of hydrogen-bond acceptors (Lipinski definition) is 4. The van der Waals surface area contributed by atoms with E-state index in [9.17, 15) is 4.79 Å². The van der Waals surface area contributed by atoms with Crippen molar-refractivity contribution in [1.29, 1.82) is 0 Å². The van der Waals surface area contributed by atoms with Crippen LogP contribution in [0, 0.1) is 5.92 Å². The molecule has 1 N–H and O–H groups in total. The number of amides is 1. The molecule has 1 amide bonds. The quantitative estimate of drug-likeness (QED) is 0.916. The van der Waals surface area contributed by atoms with E-state index in [1.54, 1.807) is 0 Å². The minimum absolute atomic E-state index is 0.189. The van der Waals surface area contributed by atoms with Gasteiger partial charge in [-0.1, -0.05) is 24.3 Å². The third-order valence-corrected chi connectivity index (χ3v) is 6.03. The molecule has 1 saturated heterocycles. The first-order chi connectivity index (χ1) is 12.7. The van der Waals surface area contributed by atoms with Crippen molar-refractivity contribution >= 4 is 16.9 Å². The van der Waals surface area contributed by atoms with E-state index < -0.39 is 0 Å². The highest BCUT2D eigenvalue weighted by Crippen LogP contribution is 2.26. The number of nitrogens with zero attached hydrogens (tertiary/aromatic N) is 4. The largest absolute Gasteiger partial charge is 0.352 e. The molecule has 0 atom stereocenters. The molecule has 26 heavy (non-hydrogen) atoms. The first kappa shape index (κ1) is 17.5. The second kappa shape index (κ2) is 7.74. The van der Waals surface area contributed by atoms with Crippen molar-refractivity contribution < 1.29 is 4.79 Å². The van der Waals surface area contributed by atoms with Gasteiger partial charge in [0.05, 0.1) is 18.1 Å². The van der Waals surface area contributed by atoms with Crippen LogP contribution in [0.3, 0.4) is 0 Å². The fraction of sp³-hybridized carbons (Fsp3) is 0.650. The lowest BCUT2D eigenvalue weighted by molar-refractivity contribution is -0.123. The topological polar surface area (TPSA) is 63.1 Å². The Bertz CT molecular complexity index is 741. The van der Waals surface area contributed by atoms with E-state index in [-0.39, 0.29) is 5.91 Å². The highest BCUT2D eigenvalue weighted by molar-refractivity contribution is 5.78. The van der Waals surface area contributed by atoms with Crippen LogP contribution >= 0.6 is 0 Å². The van der Waals surface area contributed by atoms with Crippen molar-refractivity contribution in [2.75, 3.05) is 19.6 Å². The molecule has 6 nitrogen and oxygen atoms in total. The van der Waals surface area contributed by atoms with Gasteiger partial charge in [0.1, 0.15) is 5.52 Å².